The Morgan fingerprint density at radius 2 is 1.96 bits per heavy atom. The molecule has 4 heteroatoms. The summed E-state index contributed by atoms with van der Waals surface area (Å²) in [4.78, 5) is 14.7. The lowest BCUT2D eigenvalue weighted by Crippen LogP contribution is -2.11. The van der Waals surface area contributed by atoms with E-state index in [2.05, 4.69) is 47.4 Å². The number of aromatic nitrogens is 1. The summed E-state index contributed by atoms with van der Waals surface area (Å²) < 4.78 is 11.1. The molecule has 4 nitrogen and oxygen atoms in total. The summed E-state index contributed by atoms with van der Waals surface area (Å²) in [5.74, 6) is 0.746. The van der Waals surface area contributed by atoms with Gasteiger partial charge < -0.3 is 14.5 Å². The van der Waals surface area contributed by atoms with Gasteiger partial charge >= 0.3 is 5.97 Å². The van der Waals surface area contributed by atoms with Crippen molar-refractivity contribution in [2.45, 2.75) is 44.6 Å². The maximum absolute atomic E-state index is 11.5. The molecule has 1 aromatic heterocycles. The monoisotopic (exact) mass is 363 g/mol. The molecule has 1 N–H and O–H groups in total. The van der Waals surface area contributed by atoms with E-state index in [1.165, 1.54) is 25.3 Å². The Morgan fingerprint density at radius 3 is 2.78 bits per heavy atom. The topological polar surface area (TPSA) is 51.3 Å². The number of ether oxygens (including phenoxy) is 2. The van der Waals surface area contributed by atoms with Gasteiger partial charge in [0, 0.05) is 23.7 Å². The SMILES string of the molecule is COC(=O)CCc1ccc(OC2CCCC2)c(-c2ccc3[nH]ccc3c2)c1. The Kier molecular flexibility index (Phi) is 5.14. The Hall–Kier alpha value is -2.75. The van der Waals surface area contributed by atoms with Crippen LogP contribution in [-0.4, -0.2) is 24.2 Å². The molecular formula is C23H25NO3. The fourth-order valence-electron chi connectivity index (χ4n) is 3.82. The minimum Gasteiger partial charge on any atom is -0.490 e. The van der Waals surface area contributed by atoms with Gasteiger partial charge in [-0.25, -0.2) is 0 Å². The van der Waals surface area contributed by atoms with Crippen molar-refractivity contribution in [2.75, 3.05) is 7.11 Å². The zero-order valence-electron chi connectivity index (χ0n) is 15.7. The molecule has 27 heavy (non-hydrogen) atoms. The van der Waals surface area contributed by atoms with Crippen molar-refractivity contribution in [2.24, 2.45) is 0 Å². The van der Waals surface area contributed by atoms with E-state index in [0.29, 0.717) is 18.9 Å². The number of nitrogens with one attached hydrogen (secondary N) is 1. The summed E-state index contributed by atoms with van der Waals surface area (Å²) in [5.41, 5.74) is 4.46. The van der Waals surface area contributed by atoms with E-state index in [9.17, 15) is 4.79 Å². The highest BCUT2D eigenvalue weighted by Crippen LogP contribution is 2.35. The van der Waals surface area contributed by atoms with Crippen molar-refractivity contribution in [3.63, 3.8) is 0 Å². The van der Waals surface area contributed by atoms with E-state index in [0.717, 1.165) is 40.8 Å². The van der Waals surface area contributed by atoms with Crippen molar-refractivity contribution in [1.29, 1.82) is 0 Å². The number of methoxy groups -OCH3 is 1. The van der Waals surface area contributed by atoms with Crippen LogP contribution in [0.3, 0.4) is 0 Å². The van der Waals surface area contributed by atoms with Crippen LogP contribution in [-0.2, 0) is 16.0 Å². The van der Waals surface area contributed by atoms with Crippen LogP contribution in [0.1, 0.15) is 37.7 Å². The first-order valence-corrected chi connectivity index (χ1v) is 9.67. The number of esters is 1. The van der Waals surface area contributed by atoms with E-state index in [1.54, 1.807) is 0 Å². The van der Waals surface area contributed by atoms with Crippen molar-refractivity contribution >= 4 is 16.9 Å². The first-order chi connectivity index (χ1) is 13.2. The smallest absolute Gasteiger partial charge is 0.305 e. The average molecular weight is 363 g/mol. The van der Waals surface area contributed by atoms with Gasteiger partial charge in [-0.3, -0.25) is 4.79 Å². The van der Waals surface area contributed by atoms with Gasteiger partial charge in [0.05, 0.1) is 13.2 Å². The Morgan fingerprint density at radius 1 is 1.11 bits per heavy atom. The molecule has 0 amide bonds. The number of hydrogen-bond acceptors (Lipinski definition) is 3. The molecule has 1 saturated carbocycles. The van der Waals surface area contributed by atoms with E-state index < -0.39 is 0 Å². The van der Waals surface area contributed by atoms with Gasteiger partial charge in [0.15, 0.2) is 0 Å². The maximum atomic E-state index is 11.5. The molecule has 0 unspecified atom stereocenters. The normalized spacial score (nSPS) is 14.6. The highest BCUT2D eigenvalue weighted by atomic mass is 16.5. The minimum atomic E-state index is -0.184. The number of carbonyl (C=O) groups excluding carboxylic acids is 1. The Balaban J connectivity index is 1.68. The molecule has 0 bridgehead atoms. The molecule has 0 spiro atoms. The number of rotatable bonds is 6. The maximum Gasteiger partial charge on any atom is 0.305 e. The molecule has 0 saturated heterocycles. The number of H-pyrrole nitrogens is 1. The van der Waals surface area contributed by atoms with Crippen molar-refractivity contribution in [1.82, 2.24) is 4.98 Å². The molecule has 1 heterocycles. The van der Waals surface area contributed by atoms with E-state index in [-0.39, 0.29) is 5.97 Å². The predicted octanol–water partition coefficient (Wildman–Crippen LogP) is 5.26. The van der Waals surface area contributed by atoms with Crippen molar-refractivity contribution in [3.05, 3.63) is 54.2 Å². The molecule has 1 fully saturated rings. The highest BCUT2D eigenvalue weighted by Gasteiger charge is 2.19. The zero-order valence-corrected chi connectivity index (χ0v) is 15.7. The second-order valence-electron chi connectivity index (χ2n) is 7.21. The van der Waals surface area contributed by atoms with Crippen LogP contribution >= 0.6 is 0 Å². The van der Waals surface area contributed by atoms with Gasteiger partial charge in [-0.1, -0.05) is 12.1 Å². The van der Waals surface area contributed by atoms with Crippen LogP contribution in [0.5, 0.6) is 5.75 Å². The van der Waals surface area contributed by atoms with Crippen LogP contribution in [0.25, 0.3) is 22.0 Å². The quantitative estimate of drug-likeness (QED) is 0.608. The third-order valence-corrected chi connectivity index (χ3v) is 5.35. The van der Waals surface area contributed by atoms with Crippen LogP contribution in [0.4, 0.5) is 0 Å². The standard InChI is InChI=1S/C23H25NO3/c1-26-23(25)11-7-16-6-10-22(27-19-4-2-3-5-19)20(14-16)17-8-9-21-18(15-17)12-13-24-21/h6,8-10,12-15,19,24H,2-5,7,11H2,1H3. The lowest BCUT2D eigenvalue weighted by atomic mass is 9.98. The number of carbonyl (C=O) groups is 1. The molecule has 140 valence electrons. The third-order valence-electron chi connectivity index (χ3n) is 5.35. The van der Waals surface area contributed by atoms with Crippen LogP contribution in [0.15, 0.2) is 48.7 Å². The molecule has 3 aromatic rings. The van der Waals surface area contributed by atoms with Gasteiger partial charge in [-0.15, -0.1) is 0 Å². The first kappa shape index (κ1) is 17.7. The van der Waals surface area contributed by atoms with Gasteiger partial charge in [0.25, 0.3) is 0 Å². The van der Waals surface area contributed by atoms with E-state index in [4.69, 9.17) is 9.47 Å². The van der Waals surface area contributed by atoms with E-state index >= 15 is 0 Å². The number of benzene rings is 2. The zero-order chi connectivity index (χ0) is 18.6. The number of aryl methyl sites for hydroxylation is 1. The van der Waals surface area contributed by atoms with E-state index in [1.807, 2.05) is 6.20 Å². The van der Waals surface area contributed by atoms with Crippen molar-refractivity contribution in [3.8, 4) is 16.9 Å². The van der Waals surface area contributed by atoms with Gasteiger partial charge in [0.2, 0.25) is 0 Å². The highest BCUT2D eigenvalue weighted by molar-refractivity contribution is 5.86. The third kappa shape index (κ3) is 4.00. The largest absolute Gasteiger partial charge is 0.490 e. The van der Waals surface area contributed by atoms with Gasteiger partial charge in [-0.2, -0.15) is 0 Å². The average Bonchev–Trinajstić information content (AvgIpc) is 3.37. The Labute approximate surface area is 159 Å². The molecule has 2 aromatic carbocycles. The van der Waals surface area contributed by atoms with Gasteiger partial charge in [0.1, 0.15) is 5.75 Å². The summed E-state index contributed by atoms with van der Waals surface area (Å²) in [6.07, 6.45) is 8.04. The molecule has 0 aliphatic heterocycles. The number of hydrogen-bond donors (Lipinski definition) is 1. The fraction of sp³-hybridized carbons (Fsp3) is 0.348. The number of fused-ring (bicyclic) bond motifs is 1. The lowest BCUT2D eigenvalue weighted by Gasteiger charge is -2.18. The predicted molar refractivity (Wildman–Crippen MR) is 107 cm³/mol. The molecule has 4 rings (SSSR count). The van der Waals surface area contributed by atoms with Gasteiger partial charge in [-0.05, 0) is 78.9 Å². The molecular weight excluding hydrogens is 338 g/mol. The Bertz CT molecular complexity index is 938. The second kappa shape index (κ2) is 7.87. The summed E-state index contributed by atoms with van der Waals surface area (Å²) >= 11 is 0. The summed E-state index contributed by atoms with van der Waals surface area (Å²) in [6.45, 7) is 0. The van der Waals surface area contributed by atoms with Crippen LogP contribution < -0.4 is 4.74 Å². The minimum absolute atomic E-state index is 0.184. The first-order valence-electron chi connectivity index (χ1n) is 9.67. The molecule has 1 aliphatic carbocycles. The summed E-state index contributed by atoms with van der Waals surface area (Å²) in [5, 5.41) is 1.18. The second-order valence-corrected chi connectivity index (χ2v) is 7.21. The van der Waals surface area contributed by atoms with Crippen LogP contribution in [0, 0.1) is 0 Å². The molecule has 0 radical (unpaired) electrons. The molecule has 0 atom stereocenters. The van der Waals surface area contributed by atoms with Crippen molar-refractivity contribution < 1.29 is 14.3 Å². The molecule has 1 aliphatic rings. The summed E-state index contributed by atoms with van der Waals surface area (Å²) in [6, 6.07) is 14.8. The number of aromatic amines is 1. The fourth-order valence-corrected chi connectivity index (χ4v) is 3.82. The van der Waals surface area contributed by atoms with Crippen LogP contribution in [0.2, 0.25) is 0 Å². The lowest BCUT2D eigenvalue weighted by molar-refractivity contribution is -0.140. The summed E-state index contributed by atoms with van der Waals surface area (Å²) in [7, 11) is 1.43.